The van der Waals surface area contributed by atoms with Gasteiger partial charge >= 0.3 is 5.97 Å². The number of nitro groups is 1. The van der Waals surface area contributed by atoms with Gasteiger partial charge in [-0.1, -0.05) is 6.07 Å². The third kappa shape index (κ3) is 6.09. The molecule has 0 aliphatic carbocycles. The molecule has 0 aliphatic heterocycles. The molecule has 0 radical (unpaired) electrons. The van der Waals surface area contributed by atoms with Gasteiger partial charge in [0, 0.05) is 23.4 Å². The Morgan fingerprint density at radius 2 is 1.82 bits per heavy atom. The summed E-state index contributed by atoms with van der Waals surface area (Å²) in [5.74, 6) is -1.43. The number of methoxy groups -OCH3 is 1. The van der Waals surface area contributed by atoms with Gasteiger partial charge in [-0.15, -0.1) is 0 Å². The number of nitro benzene ring substituents is 1. The van der Waals surface area contributed by atoms with Crippen LogP contribution in [-0.4, -0.2) is 43.0 Å². The van der Waals surface area contributed by atoms with Crippen molar-refractivity contribution in [2.45, 2.75) is 0 Å². The van der Waals surface area contributed by atoms with E-state index < -0.39 is 35.9 Å². The standard InChI is InChI=1S/C18H17N3O7/c1-27-15-7-5-13(6-8-15)20-16(22)11-28-17(23)10-19-18(24)12-3-2-4-14(9-12)21(25)26/h2-9H,10-11H2,1H3,(H,19,24)(H,20,22). The Morgan fingerprint density at radius 1 is 1.11 bits per heavy atom. The minimum Gasteiger partial charge on any atom is -0.497 e. The average molecular weight is 387 g/mol. The molecule has 0 aromatic heterocycles. The summed E-state index contributed by atoms with van der Waals surface area (Å²) < 4.78 is 9.77. The van der Waals surface area contributed by atoms with E-state index in [4.69, 9.17) is 9.47 Å². The van der Waals surface area contributed by atoms with E-state index in [0.29, 0.717) is 11.4 Å². The molecule has 2 N–H and O–H groups in total. The number of carbonyl (C=O) groups excluding carboxylic acids is 3. The Kier molecular flexibility index (Phi) is 7.03. The number of hydrogen-bond donors (Lipinski definition) is 2. The van der Waals surface area contributed by atoms with Gasteiger partial charge in [0.2, 0.25) is 0 Å². The van der Waals surface area contributed by atoms with Gasteiger partial charge < -0.3 is 20.1 Å². The fourth-order valence-electron chi connectivity index (χ4n) is 2.08. The van der Waals surface area contributed by atoms with Gasteiger partial charge in [-0.2, -0.15) is 0 Å². The number of ether oxygens (including phenoxy) is 2. The van der Waals surface area contributed by atoms with Crippen LogP contribution in [0.15, 0.2) is 48.5 Å². The van der Waals surface area contributed by atoms with Gasteiger partial charge in [-0.05, 0) is 30.3 Å². The van der Waals surface area contributed by atoms with Crippen molar-refractivity contribution in [2.75, 3.05) is 25.6 Å². The lowest BCUT2D eigenvalue weighted by Crippen LogP contribution is -2.32. The Morgan fingerprint density at radius 3 is 2.46 bits per heavy atom. The number of carbonyl (C=O) groups is 3. The van der Waals surface area contributed by atoms with Crippen LogP contribution in [0.3, 0.4) is 0 Å². The molecule has 28 heavy (non-hydrogen) atoms. The zero-order chi connectivity index (χ0) is 20.5. The summed E-state index contributed by atoms with van der Waals surface area (Å²) in [6, 6.07) is 11.6. The van der Waals surface area contributed by atoms with Gasteiger partial charge in [0.15, 0.2) is 6.61 Å². The van der Waals surface area contributed by atoms with Crippen molar-refractivity contribution in [2.24, 2.45) is 0 Å². The Bertz CT molecular complexity index is 881. The summed E-state index contributed by atoms with van der Waals surface area (Å²) >= 11 is 0. The predicted octanol–water partition coefficient (Wildman–Crippen LogP) is 1.52. The zero-order valence-corrected chi connectivity index (χ0v) is 14.8. The normalized spacial score (nSPS) is 9.89. The van der Waals surface area contributed by atoms with Crippen molar-refractivity contribution in [3.63, 3.8) is 0 Å². The highest BCUT2D eigenvalue weighted by molar-refractivity contribution is 5.97. The lowest BCUT2D eigenvalue weighted by Gasteiger charge is -2.08. The van der Waals surface area contributed by atoms with Crippen molar-refractivity contribution in [3.8, 4) is 5.75 Å². The fraction of sp³-hybridized carbons (Fsp3) is 0.167. The number of esters is 1. The first-order valence-corrected chi connectivity index (χ1v) is 8.01. The smallest absolute Gasteiger partial charge is 0.325 e. The molecule has 10 nitrogen and oxygen atoms in total. The molecule has 0 fully saturated rings. The number of non-ortho nitro benzene ring substituents is 1. The third-order valence-corrected chi connectivity index (χ3v) is 3.45. The topological polar surface area (TPSA) is 137 Å². The lowest BCUT2D eigenvalue weighted by atomic mass is 10.2. The van der Waals surface area contributed by atoms with Gasteiger partial charge in [-0.25, -0.2) is 0 Å². The maximum absolute atomic E-state index is 11.9. The van der Waals surface area contributed by atoms with Crippen molar-refractivity contribution in [1.29, 1.82) is 0 Å². The maximum Gasteiger partial charge on any atom is 0.325 e. The highest BCUT2D eigenvalue weighted by atomic mass is 16.6. The number of nitrogens with zero attached hydrogens (tertiary/aromatic N) is 1. The Labute approximate surface area is 159 Å². The molecule has 10 heteroatoms. The first-order valence-electron chi connectivity index (χ1n) is 8.01. The summed E-state index contributed by atoms with van der Waals surface area (Å²) in [5, 5.41) is 15.5. The second-order valence-electron chi connectivity index (χ2n) is 5.43. The first kappa shape index (κ1) is 20.4. The van der Waals surface area contributed by atoms with Crippen molar-refractivity contribution >= 4 is 29.2 Å². The van der Waals surface area contributed by atoms with Gasteiger partial charge in [0.05, 0.1) is 12.0 Å². The minimum atomic E-state index is -0.830. The van der Waals surface area contributed by atoms with Crippen LogP contribution < -0.4 is 15.4 Å². The van der Waals surface area contributed by atoms with E-state index in [1.165, 1.54) is 25.3 Å². The largest absolute Gasteiger partial charge is 0.497 e. The first-order chi connectivity index (χ1) is 13.4. The van der Waals surface area contributed by atoms with Crippen LogP contribution in [0.5, 0.6) is 5.75 Å². The molecule has 146 valence electrons. The van der Waals surface area contributed by atoms with Crippen LogP contribution in [0.1, 0.15) is 10.4 Å². The summed E-state index contributed by atoms with van der Waals surface area (Å²) in [5.41, 5.74) is 0.283. The Balaban J connectivity index is 1.75. The third-order valence-electron chi connectivity index (χ3n) is 3.45. The van der Waals surface area contributed by atoms with E-state index in [0.717, 1.165) is 6.07 Å². The molecule has 2 rings (SSSR count). The quantitative estimate of drug-likeness (QED) is 0.398. The summed E-state index contributed by atoms with van der Waals surface area (Å²) in [6.45, 7) is -1.02. The molecule has 2 aromatic carbocycles. The summed E-state index contributed by atoms with van der Waals surface area (Å²) in [6.07, 6.45) is 0. The number of hydrogen-bond acceptors (Lipinski definition) is 7. The number of benzene rings is 2. The SMILES string of the molecule is COc1ccc(NC(=O)COC(=O)CNC(=O)c2cccc([N+](=O)[O-])c2)cc1. The van der Waals surface area contributed by atoms with Crippen LogP contribution in [0.4, 0.5) is 11.4 Å². The van der Waals surface area contributed by atoms with E-state index in [2.05, 4.69) is 10.6 Å². The molecule has 0 aliphatic rings. The van der Waals surface area contributed by atoms with Crippen molar-refractivity contribution < 1.29 is 28.8 Å². The molecule has 0 bridgehead atoms. The Hall–Kier alpha value is -3.95. The van der Waals surface area contributed by atoms with E-state index in [1.54, 1.807) is 24.3 Å². The van der Waals surface area contributed by atoms with Gasteiger partial charge in [-0.3, -0.25) is 24.5 Å². The number of rotatable bonds is 8. The second kappa shape index (κ2) is 9.67. The minimum absolute atomic E-state index is 0.0271. The second-order valence-corrected chi connectivity index (χ2v) is 5.43. The molecule has 0 saturated carbocycles. The molecule has 2 aromatic rings. The fourth-order valence-corrected chi connectivity index (χ4v) is 2.08. The summed E-state index contributed by atoms with van der Waals surface area (Å²) in [7, 11) is 1.52. The van der Waals surface area contributed by atoms with E-state index in [-0.39, 0.29) is 11.3 Å². The molecule has 2 amide bonds. The van der Waals surface area contributed by atoms with E-state index >= 15 is 0 Å². The predicted molar refractivity (Wildman–Crippen MR) is 98.0 cm³/mol. The monoisotopic (exact) mass is 387 g/mol. The highest BCUT2D eigenvalue weighted by Gasteiger charge is 2.14. The van der Waals surface area contributed by atoms with Crippen LogP contribution in [-0.2, 0) is 14.3 Å². The number of anilines is 1. The van der Waals surface area contributed by atoms with Gasteiger partial charge in [0.1, 0.15) is 12.3 Å². The average Bonchev–Trinajstić information content (AvgIpc) is 2.71. The molecule has 0 atom stereocenters. The lowest BCUT2D eigenvalue weighted by molar-refractivity contribution is -0.384. The molecule has 0 spiro atoms. The van der Waals surface area contributed by atoms with E-state index in [9.17, 15) is 24.5 Å². The number of amides is 2. The van der Waals surface area contributed by atoms with Crippen LogP contribution in [0.25, 0.3) is 0 Å². The van der Waals surface area contributed by atoms with E-state index in [1.807, 2.05) is 0 Å². The molecular weight excluding hydrogens is 370 g/mol. The highest BCUT2D eigenvalue weighted by Crippen LogP contribution is 2.15. The van der Waals surface area contributed by atoms with Gasteiger partial charge in [0.25, 0.3) is 17.5 Å². The molecular formula is C18H17N3O7. The van der Waals surface area contributed by atoms with Crippen LogP contribution in [0, 0.1) is 10.1 Å². The van der Waals surface area contributed by atoms with Crippen LogP contribution in [0.2, 0.25) is 0 Å². The zero-order valence-electron chi connectivity index (χ0n) is 14.8. The van der Waals surface area contributed by atoms with Crippen LogP contribution >= 0.6 is 0 Å². The number of nitrogens with one attached hydrogen (secondary N) is 2. The molecule has 0 heterocycles. The summed E-state index contributed by atoms with van der Waals surface area (Å²) in [4.78, 5) is 45.4. The van der Waals surface area contributed by atoms with Crippen molar-refractivity contribution in [3.05, 3.63) is 64.2 Å². The molecule has 0 saturated heterocycles. The molecule has 0 unspecified atom stereocenters. The van der Waals surface area contributed by atoms with Crippen molar-refractivity contribution in [1.82, 2.24) is 5.32 Å². The maximum atomic E-state index is 11.9.